The van der Waals surface area contributed by atoms with Crippen molar-refractivity contribution in [1.82, 2.24) is 15.0 Å². The Balaban J connectivity index is 1.74. The lowest BCUT2D eigenvalue weighted by atomic mass is 10.1. The third kappa shape index (κ3) is 5.37. The number of aromatic nitrogens is 3. The van der Waals surface area contributed by atoms with Crippen LogP contribution in [0.1, 0.15) is 16.8 Å². The molecule has 1 aliphatic heterocycles. The largest absolute Gasteiger partial charge is 0.416 e. The summed E-state index contributed by atoms with van der Waals surface area (Å²) in [5.74, 6) is 0.372. The summed E-state index contributed by atoms with van der Waals surface area (Å²) < 4.78 is 87.5. The number of nitrogens with zero attached hydrogens (tertiary/aromatic N) is 4. The van der Waals surface area contributed by atoms with E-state index in [1.165, 1.54) is 30.5 Å². The van der Waals surface area contributed by atoms with E-state index in [4.69, 9.17) is 0 Å². The number of halogens is 3. The highest BCUT2D eigenvalue weighted by atomic mass is 32.2. The van der Waals surface area contributed by atoms with Gasteiger partial charge in [0.25, 0.3) is 0 Å². The average molecular weight is 528 g/mol. The Kier molecular flexibility index (Phi) is 6.21. The van der Waals surface area contributed by atoms with Gasteiger partial charge in [0.15, 0.2) is 9.84 Å². The quantitative estimate of drug-likeness (QED) is 0.499. The van der Waals surface area contributed by atoms with Crippen molar-refractivity contribution in [3.05, 3.63) is 59.4 Å². The van der Waals surface area contributed by atoms with Crippen LogP contribution in [-0.2, 0) is 38.8 Å². The number of benzene rings is 1. The average Bonchev–Trinajstić information content (AvgIpc) is 2.77. The lowest BCUT2D eigenvalue weighted by molar-refractivity contribution is -0.137. The van der Waals surface area contributed by atoms with Crippen LogP contribution in [0.5, 0.6) is 0 Å². The summed E-state index contributed by atoms with van der Waals surface area (Å²) >= 11 is 0. The molecule has 0 amide bonds. The Hall–Kier alpha value is -3.26. The molecule has 35 heavy (non-hydrogen) atoms. The summed E-state index contributed by atoms with van der Waals surface area (Å²) in [6.07, 6.45) is -0.712. The molecule has 0 radical (unpaired) electrons. The maximum Gasteiger partial charge on any atom is 0.416 e. The van der Waals surface area contributed by atoms with Crippen molar-refractivity contribution in [3.63, 3.8) is 0 Å². The molecule has 3 heterocycles. The van der Waals surface area contributed by atoms with Gasteiger partial charge in [-0.05, 0) is 42.8 Å². The molecule has 0 aliphatic carbocycles. The molecule has 0 saturated carbocycles. The summed E-state index contributed by atoms with van der Waals surface area (Å²) in [7, 11) is -7.41. The lowest BCUT2D eigenvalue weighted by Crippen LogP contribution is -2.34. The molecule has 0 spiro atoms. The molecule has 4 rings (SSSR count). The van der Waals surface area contributed by atoms with Gasteiger partial charge in [-0.15, -0.1) is 0 Å². The number of alkyl halides is 3. The first-order valence-electron chi connectivity index (χ1n) is 10.2. The van der Waals surface area contributed by atoms with E-state index in [0.29, 0.717) is 24.2 Å². The summed E-state index contributed by atoms with van der Waals surface area (Å²) in [5, 5.41) is 2.44. The van der Waals surface area contributed by atoms with Crippen LogP contribution in [0.2, 0.25) is 0 Å². The maximum atomic E-state index is 12.9. The normalized spacial score (nSPS) is 14.5. The first-order valence-corrected chi connectivity index (χ1v) is 14.0. The van der Waals surface area contributed by atoms with Gasteiger partial charge in [-0.3, -0.25) is 0 Å². The predicted octanol–water partition coefficient (Wildman–Crippen LogP) is 3.00. The van der Waals surface area contributed by atoms with Gasteiger partial charge in [-0.2, -0.15) is 13.2 Å². The number of nitrogens with one attached hydrogen (secondary N) is 1. The Bertz CT molecular complexity index is 1490. The number of anilines is 3. The van der Waals surface area contributed by atoms with Gasteiger partial charge >= 0.3 is 6.18 Å². The molecule has 14 heteroatoms. The van der Waals surface area contributed by atoms with E-state index in [1.807, 2.05) is 0 Å². The lowest BCUT2D eigenvalue weighted by Gasteiger charge is -2.31. The number of sulfone groups is 2. The van der Waals surface area contributed by atoms with E-state index in [2.05, 4.69) is 20.3 Å². The van der Waals surface area contributed by atoms with Crippen molar-refractivity contribution in [3.8, 4) is 0 Å². The molecule has 1 aromatic carbocycles. The molecule has 1 aliphatic rings. The fraction of sp³-hybridized carbons (Fsp3) is 0.286. The number of rotatable bonds is 5. The first kappa shape index (κ1) is 24.9. The summed E-state index contributed by atoms with van der Waals surface area (Å²) in [6, 6.07) is 7.20. The SMILES string of the molecule is CS(=O)(=O)c1nc2c(c(Nc3ccc(C(F)(F)F)cc3)n1)CCN(c1ncccc1S(C)(=O)=O)C2. The predicted molar refractivity (Wildman–Crippen MR) is 122 cm³/mol. The van der Waals surface area contributed by atoms with E-state index in [9.17, 15) is 30.0 Å². The molecule has 1 N–H and O–H groups in total. The fourth-order valence-corrected chi connectivity index (χ4v) is 5.02. The van der Waals surface area contributed by atoms with Crippen molar-refractivity contribution in [2.45, 2.75) is 29.2 Å². The zero-order valence-corrected chi connectivity index (χ0v) is 20.2. The first-order chi connectivity index (χ1) is 16.2. The van der Waals surface area contributed by atoms with Crippen LogP contribution in [0.4, 0.5) is 30.5 Å². The smallest absolute Gasteiger partial charge is 0.349 e. The van der Waals surface area contributed by atoms with Gasteiger partial charge in [0, 0.05) is 36.5 Å². The Morgan fingerprint density at radius 1 is 0.971 bits per heavy atom. The monoisotopic (exact) mass is 527 g/mol. The van der Waals surface area contributed by atoms with Crippen molar-refractivity contribution < 1.29 is 30.0 Å². The van der Waals surface area contributed by atoms with Crippen molar-refractivity contribution in [2.24, 2.45) is 0 Å². The second-order valence-electron chi connectivity index (χ2n) is 8.02. The molecular formula is C21H20F3N5O4S2. The van der Waals surface area contributed by atoms with E-state index in [0.717, 1.165) is 24.6 Å². The van der Waals surface area contributed by atoms with E-state index < -0.39 is 36.6 Å². The highest BCUT2D eigenvalue weighted by molar-refractivity contribution is 7.91. The molecule has 186 valence electrons. The molecule has 9 nitrogen and oxygen atoms in total. The Labute approximate surface area is 199 Å². The highest BCUT2D eigenvalue weighted by Crippen LogP contribution is 2.33. The summed E-state index contributed by atoms with van der Waals surface area (Å²) in [5.41, 5.74) is 0.374. The van der Waals surface area contributed by atoms with Gasteiger partial charge in [-0.25, -0.2) is 31.8 Å². The number of fused-ring (bicyclic) bond motifs is 1. The van der Waals surface area contributed by atoms with Crippen molar-refractivity contribution >= 4 is 37.0 Å². The zero-order chi connectivity index (χ0) is 25.6. The standard InChI is InChI=1S/C21H20F3N5O4S2/c1-34(30,31)17-4-3-10-25-19(17)29-11-9-15-16(12-29)27-20(35(2,32)33)28-18(15)26-14-7-5-13(6-8-14)21(22,23)24/h3-8,10H,9,11-12H2,1-2H3,(H,26,27,28). The minimum atomic E-state index is -4.49. The Morgan fingerprint density at radius 3 is 2.26 bits per heavy atom. The van der Waals surface area contributed by atoms with Gasteiger partial charge in [0.2, 0.25) is 15.0 Å². The molecule has 0 unspecified atom stereocenters. The van der Waals surface area contributed by atoms with Crippen LogP contribution in [0.15, 0.2) is 52.6 Å². The van der Waals surface area contributed by atoms with Gasteiger partial charge in [-0.1, -0.05) is 0 Å². The van der Waals surface area contributed by atoms with Crippen LogP contribution >= 0.6 is 0 Å². The molecule has 0 fully saturated rings. The second-order valence-corrected chi connectivity index (χ2v) is 11.9. The third-order valence-electron chi connectivity index (χ3n) is 5.30. The van der Waals surface area contributed by atoms with Crippen LogP contribution in [0.25, 0.3) is 0 Å². The van der Waals surface area contributed by atoms with Gasteiger partial charge < -0.3 is 10.2 Å². The molecule has 0 bridgehead atoms. The number of hydrogen-bond acceptors (Lipinski definition) is 9. The minimum absolute atomic E-state index is 0.0314. The summed E-state index contributed by atoms with van der Waals surface area (Å²) in [4.78, 5) is 14.2. The molecule has 0 saturated heterocycles. The Morgan fingerprint density at radius 2 is 1.66 bits per heavy atom. The summed E-state index contributed by atoms with van der Waals surface area (Å²) in [6.45, 7) is 0.386. The van der Waals surface area contributed by atoms with Crippen LogP contribution < -0.4 is 10.2 Å². The third-order valence-corrected chi connectivity index (χ3v) is 7.26. The zero-order valence-electron chi connectivity index (χ0n) is 18.5. The maximum absolute atomic E-state index is 12.9. The van der Waals surface area contributed by atoms with Crippen molar-refractivity contribution in [1.29, 1.82) is 0 Å². The molecular weight excluding hydrogens is 507 g/mol. The van der Waals surface area contributed by atoms with Gasteiger partial charge in [0.05, 0.1) is 17.8 Å². The van der Waals surface area contributed by atoms with E-state index >= 15 is 0 Å². The highest BCUT2D eigenvalue weighted by Gasteiger charge is 2.31. The number of pyridine rings is 1. The van der Waals surface area contributed by atoms with Crippen LogP contribution in [0, 0.1) is 0 Å². The molecule has 0 atom stereocenters. The van der Waals surface area contributed by atoms with E-state index in [-0.39, 0.29) is 28.8 Å². The van der Waals surface area contributed by atoms with Crippen LogP contribution in [-0.4, -0.2) is 50.8 Å². The fourth-order valence-electron chi connectivity index (χ4n) is 3.65. The van der Waals surface area contributed by atoms with Crippen LogP contribution in [0.3, 0.4) is 0 Å². The number of hydrogen-bond donors (Lipinski definition) is 1. The minimum Gasteiger partial charge on any atom is -0.349 e. The van der Waals surface area contributed by atoms with Gasteiger partial charge in [0.1, 0.15) is 16.5 Å². The van der Waals surface area contributed by atoms with Crippen molar-refractivity contribution in [2.75, 3.05) is 29.3 Å². The molecule has 2 aromatic heterocycles. The second kappa shape index (κ2) is 8.75. The topological polar surface area (TPSA) is 122 Å². The van der Waals surface area contributed by atoms with E-state index in [1.54, 1.807) is 4.90 Å². The molecule has 3 aromatic rings.